The minimum atomic E-state index is -3.70. The standard InChI is InChI=1S/C11H18N4O2S/c1-5-14-8-11(13-10(14)4)18(16,17)15(7-6-12)9(2)3/h8-9H,5,7H2,1-4H3. The molecule has 0 aliphatic rings. The lowest BCUT2D eigenvalue weighted by molar-refractivity contribution is 0.384. The van der Waals surface area contributed by atoms with E-state index >= 15 is 0 Å². The van der Waals surface area contributed by atoms with Gasteiger partial charge in [0.15, 0.2) is 5.03 Å². The first-order valence-electron chi connectivity index (χ1n) is 5.77. The summed E-state index contributed by atoms with van der Waals surface area (Å²) < 4.78 is 27.6. The Labute approximate surface area is 108 Å². The van der Waals surface area contributed by atoms with Crippen LogP contribution in [0.3, 0.4) is 0 Å². The molecule has 0 amide bonds. The maximum atomic E-state index is 12.3. The van der Waals surface area contributed by atoms with Crippen molar-refractivity contribution < 1.29 is 8.42 Å². The first kappa shape index (κ1) is 14.7. The molecule has 0 radical (unpaired) electrons. The zero-order valence-corrected chi connectivity index (χ0v) is 11.9. The fourth-order valence-electron chi connectivity index (χ4n) is 1.66. The van der Waals surface area contributed by atoms with Gasteiger partial charge in [-0.15, -0.1) is 0 Å². The van der Waals surface area contributed by atoms with Crippen molar-refractivity contribution in [3.63, 3.8) is 0 Å². The average Bonchev–Trinajstić information content (AvgIpc) is 2.67. The van der Waals surface area contributed by atoms with E-state index in [2.05, 4.69) is 4.98 Å². The van der Waals surface area contributed by atoms with Gasteiger partial charge in [0.1, 0.15) is 12.4 Å². The molecule has 1 aromatic rings. The number of aryl methyl sites for hydroxylation is 2. The zero-order valence-electron chi connectivity index (χ0n) is 11.1. The SMILES string of the molecule is CCn1cc(S(=O)(=O)N(CC#N)C(C)C)nc1C. The Bertz CT molecular complexity index is 554. The van der Waals surface area contributed by atoms with Gasteiger partial charge in [-0.1, -0.05) is 0 Å². The van der Waals surface area contributed by atoms with Crippen LogP contribution >= 0.6 is 0 Å². The van der Waals surface area contributed by atoms with Gasteiger partial charge in [-0.2, -0.15) is 9.57 Å². The van der Waals surface area contributed by atoms with E-state index < -0.39 is 10.0 Å². The van der Waals surface area contributed by atoms with Crippen molar-refractivity contribution >= 4 is 10.0 Å². The highest BCUT2D eigenvalue weighted by Crippen LogP contribution is 2.17. The molecule has 0 aliphatic heterocycles. The van der Waals surface area contributed by atoms with Crippen LogP contribution in [0.5, 0.6) is 0 Å². The smallest absolute Gasteiger partial charge is 0.263 e. The monoisotopic (exact) mass is 270 g/mol. The van der Waals surface area contributed by atoms with Crippen LogP contribution < -0.4 is 0 Å². The second-order valence-electron chi connectivity index (χ2n) is 4.21. The largest absolute Gasteiger partial charge is 0.334 e. The predicted molar refractivity (Wildman–Crippen MR) is 67.3 cm³/mol. The number of imidazole rings is 1. The van der Waals surface area contributed by atoms with Gasteiger partial charge in [-0.25, -0.2) is 13.4 Å². The van der Waals surface area contributed by atoms with E-state index in [-0.39, 0.29) is 17.6 Å². The molecular weight excluding hydrogens is 252 g/mol. The highest BCUT2D eigenvalue weighted by Gasteiger charge is 2.29. The molecule has 7 heteroatoms. The molecule has 6 nitrogen and oxygen atoms in total. The molecule has 1 rings (SSSR count). The first-order chi connectivity index (χ1) is 8.34. The van der Waals surface area contributed by atoms with Crippen molar-refractivity contribution in [1.29, 1.82) is 5.26 Å². The summed E-state index contributed by atoms with van der Waals surface area (Å²) in [5.74, 6) is 0.650. The van der Waals surface area contributed by atoms with E-state index in [1.807, 2.05) is 13.0 Å². The molecule has 0 aliphatic carbocycles. The Morgan fingerprint density at radius 2 is 2.17 bits per heavy atom. The lowest BCUT2D eigenvalue weighted by Crippen LogP contribution is -2.37. The normalized spacial score (nSPS) is 12.1. The van der Waals surface area contributed by atoms with E-state index in [4.69, 9.17) is 5.26 Å². The fourth-order valence-corrected chi connectivity index (χ4v) is 3.19. The lowest BCUT2D eigenvalue weighted by atomic mass is 10.4. The quantitative estimate of drug-likeness (QED) is 0.751. The van der Waals surface area contributed by atoms with Gasteiger partial charge in [-0.3, -0.25) is 0 Å². The molecule has 0 saturated carbocycles. The summed E-state index contributed by atoms with van der Waals surface area (Å²) in [5, 5.41) is 8.73. The van der Waals surface area contributed by atoms with Crippen molar-refractivity contribution in [3.8, 4) is 6.07 Å². The van der Waals surface area contributed by atoms with E-state index in [0.29, 0.717) is 12.4 Å². The van der Waals surface area contributed by atoms with Gasteiger partial charge in [0.05, 0.1) is 6.07 Å². The molecule has 0 unspecified atom stereocenters. The molecule has 0 bridgehead atoms. The Morgan fingerprint density at radius 3 is 2.56 bits per heavy atom. The summed E-state index contributed by atoms with van der Waals surface area (Å²) in [5.41, 5.74) is 0. The number of rotatable bonds is 5. The molecule has 0 atom stereocenters. The number of hydrogen-bond donors (Lipinski definition) is 0. The number of sulfonamides is 1. The molecule has 0 aromatic carbocycles. The highest BCUT2D eigenvalue weighted by atomic mass is 32.2. The van der Waals surface area contributed by atoms with Gasteiger partial charge < -0.3 is 4.57 Å². The van der Waals surface area contributed by atoms with Crippen molar-refractivity contribution in [2.75, 3.05) is 6.54 Å². The van der Waals surface area contributed by atoms with Crippen LogP contribution in [-0.2, 0) is 16.6 Å². The van der Waals surface area contributed by atoms with Crippen LogP contribution in [-0.4, -0.2) is 34.9 Å². The Hall–Kier alpha value is -1.39. The predicted octanol–water partition coefficient (Wildman–Crippen LogP) is 1.13. The molecular formula is C11H18N4O2S. The van der Waals surface area contributed by atoms with Gasteiger partial charge in [-0.05, 0) is 27.7 Å². The van der Waals surface area contributed by atoms with Crippen molar-refractivity contribution in [2.24, 2.45) is 0 Å². The van der Waals surface area contributed by atoms with E-state index in [0.717, 1.165) is 4.31 Å². The zero-order chi connectivity index (χ0) is 13.9. The summed E-state index contributed by atoms with van der Waals surface area (Å²) in [4.78, 5) is 4.06. The van der Waals surface area contributed by atoms with E-state index in [9.17, 15) is 8.42 Å². The fraction of sp³-hybridized carbons (Fsp3) is 0.636. The van der Waals surface area contributed by atoms with Gasteiger partial charge in [0.2, 0.25) is 0 Å². The van der Waals surface area contributed by atoms with Crippen LogP contribution in [0.15, 0.2) is 11.2 Å². The maximum absolute atomic E-state index is 12.3. The van der Waals surface area contributed by atoms with Gasteiger partial charge >= 0.3 is 0 Å². The molecule has 1 aromatic heterocycles. The molecule has 0 fully saturated rings. The summed E-state index contributed by atoms with van der Waals surface area (Å²) in [6.45, 7) is 7.64. The Morgan fingerprint density at radius 1 is 1.56 bits per heavy atom. The van der Waals surface area contributed by atoms with Gasteiger partial charge in [0, 0.05) is 18.8 Å². The lowest BCUT2D eigenvalue weighted by Gasteiger charge is -2.21. The van der Waals surface area contributed by atoms with Crippen LogP contribution in [0, 0.1) is 18.3 Å². The number of nitriles is 1. The third-order valence-corrected chi connectivity index (χ3v) is 4.56. The average molecular weight is 270 g/mol. The molecule has 100 valence electrons. The van der Waals surface area contributed by atoms with Crippen molar-refractivity contribution in [3.05, 3.63) is 12.0 Å². The summed E-state index contributed by atoms with van der Waals surface area (Å²) in [6.07, 6.45) is 1.51. The van der Waals surface area contributed by atoms with Crippen LogP contribution in [0.4, 0.5) is 0 Å². The van der Waals surface area contributed by atoms with Gasteiger partial charge in [0.25, 0.3) is 10.0 Å². The van der Waals surface area contributed by atoms with E-state index in [1.165, 1.54) is 6.20 Å². The minimum absolute atomic E-state index is 0.00537. The third kappa shape index (κ3) is 2.71. The number of aromatic nitrogens is 2. The second kappa shape index (κ2) is 5.50. The van der Waals surface area contributed by atoms with Crippen LogP contribution in [0.2, 0.25) is 0 Å². The van der Waals surface area contributed by atoms with Crippen LogP contribution in [0.25, 0.3) is 0 Å². The van der Waals surface area contributed by atoms with Crippen LogP contribution in [0.1, 0.15) is 26.6 Å². The molecule has 18 heavy (non-hydrogen) atoms. The summed E-state index contributed by atoms with van der Waals surface area (Å²) >= 11 is 0. The summed E-state index contributed by atoms with van der Waals surface area (Å²) in [6, 6.07) is 1.60. The molecule has 1 heterocycles. The number of hydrogen-bond acceptors (Lipinski definition) is 4. The van der Waals surface area contributed by atoms with Crippen molar-refractivity contribution in [1.82, 2.24) is 13.9 Å². The Kier molecular flexibility index (Phi) is 4.48. The maximum Gasteiger partial charge on any atom is 0.263 e. The molecule has 0 N–H and O–H groups in total. The Balaban J connectivity index is 3.23. The number of nitrogens with zero attached hydrogens (tertiary/aromatic N) is 4. The second-order valence-corrected chi connectivity index (χ2v) is 6.05. The molecule has 0 saturated heterocycles. The van der Waals surface area contributed by atoms with Crippen molar-refractivity contribution in [2.45, 2.75) is 45.3 Å². The molecule has 0 spiro atoms. The third-order valence-electron chi connectivity index (χ3n) is 2.67. The first-order valence-corrected chi connectivity index (χ1v) is 7.21. The summed E-state index contributed by atoms with van der Waals surface area (Å²) in [7, 11) is -3.70. The topological polar surface area (TPSA) is 79.0 Å². The minimum Gasteiger partial charge on any atom is -0.334 e. The highest BCUT2D eigenvalue weighted by molar-refractivity contribution is 7.89. The van der Waals surface area contributed by atoms with E-state index in [1.54, 1.807) is 25.3 Å².